The molecule has 0 bridgehead atoms. The van der Waals surface area contributed by atoms with E-state index in [0.29, 0.717) is 11.3 Å². The Labute approximate surface area is 119 Å². The lowest BCUT2D eigenvalue weighted by Gasteiger charge is -2.08. The average molecular weight is 316 g/mol. The topological polar surface area (TPSA) is 91.2 Å². The first-order valence-corrected chi connectivity index (χ1v) is 6.20. The highest BCUT2D eigenvalue weighted by atomic mass is 32.1. The van der Waals surface area contributed by atoms with E-state index in [4.69, 9.17) is 10.7 Å². The van der Waals surface area contributed by atoms with E-state index in [-0.39, 0.29) is 15.5 Å². The van der Waals surface area contributed by atoms with Gasteiger partial charge < -0.3 is 4.74 Å². The Morgan fingerprint density at radius 2 is 2.14 bits per heavy atom. The second kappa shape index (κ2) is 4.85. The van der Waals surface area contributed by atoms with E-state index in [2.05, 4.69) is 9.72 Å². The van der Waals surface area contributed by atoms with Gasteiger partial charge in [0.2, 0.25) is 0 Å². The van der Waals surface area contributed by atoms with Crippen molar-refractivity contribution < 1.29 is 22.7 Å². The zero-order valence-electron chi connectivity index (χ0n) is 10.7. The fraction of sp³-hybridized carbons (Fsp3) is 0.273. The molecule has 2 aromatic rings. The third-order valence-electron chi connectivity index (χ3n) is 2.70. The number of thiazole rings is 1. The summed E-state index contributed by atoms with van der Waals surface area (Å²) in [7, 11) is 1.13. The van der Waals surface area contributed by atoms with E-state index in [1.807, 2.05) is 0 Å². The molecule has 0 aromatic carbocycles. The van der Waals surface area contributed by atoms with Gasteiger partial charge in [-0.25, -0.2) is 9.78 Å². The fourth-order valence-electron chi connectivity index (χ4n) is 1.76. The first-order chi connectivity index (χ1) is 9.72. The quantitative estimate of drug-likeness (QED) is 0.813. The zero-order valence-corrected chi connectivity index (χ0v) is 11.5. The molecular formula is C11H7F3N4O2S. The zero-order chi connectivity index (χ0) is 15.9. The molecule has 0 atom stereocenters. The molecule has 2 aromatic heterocycles. The molecule has 21 heavy (non-hydrogen) atoms. The number of ether oxygens (including phenoxy) is 1. The Kier molecular flexibility index (Phi) is 3.46. The van der Waals surface area contributed by atoms with Crippen molar-refractivity contribution in [2.75, 3.05) is 7.11 Å². The third-order valence-corrected chi connectivity index (χ3v) is 3.83. The summed E-state index contributed by atoms with van der Waals surface area (Å²) in [6, 6.07) is 1.34. The van der Waals surface area contributed by atoms with Crippen molar-refractivity contribution in [3.63, 3.8) is 0 Å². The number of aromatic nitrogens is 2. The molecule has 2 heterocycles. The predicted molar refractivity (Wildman–Crippen MR) is 64.7 cm³/mol. The van der Waals surface area contributed by atoms with Gasteiger partial charge in [0, 0.05) is 5.69 Å². The van der Waals surface area contributed by atoms with Gasteiger partial charge in [-0.05, 0) is 6.92 Å². The first kappa shape index (κ1) is 15.0. The van der Waals surface area contributed by atoms with E-state index in [9.17, 15) is 18.0 Å². The summed E-state index contributed by atoms with van der Waals surface area (Å²) in [5, 5.41) is 16.6. The Morgan fingerprint density at radius 3 is 2.62 bits per heavy atom. The lowest BCUT2D eigenvalue weighted by atomic mass is 10.2. The van der Waals surface area contributed by atoms with Crippen LogP contribution < -0.4 is 5.49 Å². The lowest BCUT2D eigenvalue weighted by Crippen LogP contribution is -2.25. The number of nitriles is 1. The lowest BCUT2D eigenvalue weighted by molar-refractivity contribution is -0.141. The second-order valence-corrected chi connectivity index (χ2v) is 4.90. The minimum absolute atomic E-state index is 0.0294. The van der Waals surface area contributed by atoms with Crippen LogP contribution in [0, 0.1) is 23.7 Å². The monoisotopic (exact) mass is 316 g/mol. The number of halogens is 3. The number of carbonyl (C=O) groups is 1. The van der Waals surface area contributed by atoms with E-state index >= 15 is 0 Å². The van der Waals surface area contributed by atoms with Crippen molar-refractivity contribution in [3.05, 3.63) is 27.3 Å². The Bertz CT molecular complexity index is 844. The van der Waals surface area contributed by atoms with Gasteiger partial charge in [-0.2, -0.15) is 18.4 Å². The van der Waals surface area contributed by atoms with Crippen LogP contribution in [0.25, 0.3) is 4.96 Å². The number of aryl methyl sites for hydroxylation is 1. The predicted octanol–water partition coefficient (Wildman–Crippen LogP) is 1.86. The van der Waals surface area contributed by atoms with Crippen molar-refractivity contribution in [2.45, 2.75) is 13.1 Å². The molecule has 0 aliphatic heterocycles. The molecule has 0 saturated heterocycles. The number of carbonyl (C=O) groups excluding carboxylic acids is 1. The van der Waals surface area contributed by atoms with Crippen LogP contribution in [0.15, 0.2) is 0 Å². The molecule has 0 saturated carbocycles. The average Bonchev–Trinajstić information content (AvgIpc) is 2.74. The van der Waals surface area contributed by atoms with Crippen molar-refractivity contribution >= 4 is 22.3 Å². The minimum atomic E-state index is -4.86. The van der Waals surface area contributed by atoms with Crippen LogP contribution in [0.5, 0.6) is 0 Å². The van der Waals surface area contributed by atoms with Crippen molar-refractivity contribution in [2.24, 2.45) is 0 Å². The highest BCUT2D eigenvalue weighted by molar-refractivity contribution is 7.19. The Hall–Kier alpha value is -2.41. The van der Waals surface area contributed by atoms with Gasteiger partial charge in [-0.3, -0.25) is 9.81 Å². The van der Waals surface area contributed by atoms with E-state index < -0.39 is 28.9 Å². The summed E-state index contributed by atoms with van der Waals surface area (Å²) in [6.07, 6.45) is -4.86. The summed E-state index contributed by atoms with van der Waals surface area (Å²) < 4.78 is 44.2. The largest absolute Gasteiger partial charge is 0.465 e. The molecule has 2 rings (SSSR count). The number of methoxy groups -OCH3 is 1. The van der Waals surface area contributed by atoms with Gasteiger partial charge in [-0.15, -0.1) is 0 Å². The molecule has 0 fully saturated rings. The number of hydrogen-bond acceptors (Lipinski definition) is 6. The van der Waals surface area contributed by atoms with E-state index in [0.717, 1.165) is 11.5 Å². The molecule has 0 radical (unpaired) electrons. The number of rotatable bonds is 1. The summed E-state index contributed by atoms with van der Waals surface area (Å²) in [5.74, 6) is -0.741. The summed E-state index contributed by atoms with van der Waals surface area (Å²) >= 11 is 0.668. The fourth-order valence-corrected chi connectivity index (χ4v) is 2.81. The minimum Gasteiger partial charge on any atom is -0.465 e. The van der Waals surface area contributed by atoms with Gasteiger partial charge in [0.25, 0.3) is 0 Å². The van der Waals surface area contributed by atoms with Crippen molar-refractivity contribution in [1.29, 1.82) is 10.7 Å². The van der Waals surface area contributed by atoms with Gasteiger partial charge in [0.05, 0.1) is 7.11 Å². The van der Waals surface area contributed by atoms with Gasteiger partial charge in [-0.1, -0.05) is 11.3 Å². The van der Waals surface area contributed by atoms with Gasteiger partial charge in [0.15, 0.2) is 16.1 Å². The SMILES string of the molecule is COC(=O)c1sc2nc(C(F)(F)F)c(C#N)c(=N)n2c1C. The summed E-state index contributed by atoms with van der Waals surface area (Å²) in [5.41, 5.74) is -2.80. The van der Waals surface area contributed by atoms with Crippen LogP contribution in [-0.4, -0.2) is 22.5 Å². The molecule has 0 unspecified atom stereocenters. The van der Waals surface area contributed by atoms with Crippen LogP contribution in [0.1, 0.15) is 26.6 Å². The summed E-state index contributed by atoms with van der Waals surface area (Å²) in [6.45, 7) is 1.43. The smallest absolute Gasteiger partial charge is 0.434 e. The van der Waals surface area contributed by atoms with Crippen LogP contribution in [0.2, 0.25) is 0 Å². The van der Waals surface area contributed by atoms with Gasteiger partial charge in [0.1, 0.15) is 16.5 Å². The van der Waals surface area contributed by atoms with E-state index in [1.165, 1.54) is 13.0 Å². The maximum atomic E-state index is 12.9. The molecule has 0 amide bonds. The number of nitrogens with zero attached hydrogens (tertiary/aromatic N) is 3. The number of hydrogen-bond donors (Lipinski definition) is 1. The standard InChI is InChI=1S/C11H7F3N4O2S/c1-4-6(9(19)20-2)21-10-17-7(11(12,13)14)5(3-15)8(16)18(4)10/h16H,1-2H3. The number of alkyl halides is 3. The maximum absolute atomic E-state index is 12.9. The van der Waals surface area contributed by atoms with Crippen LogP contribution >= 0.6 is 11.3 Å². The Balaban J connectivity index is 2.94. The molecule has 0 aliphatic rings. The molecule has 0 spiro atoms. The molecule has 110 valence electrons. The van der Waals surface area contributed by atoms with Crippen LogP contribution in [-0.2, 0) is 10.9 Å². The van der Waals surface area contributed by atoms with Crippen molar-refractivity contribution in [3.8, 4) is 6.07 Å². The normalized spacial score (nSPS) is 11.4. The Morgan fingerprint density at radius 1 is 1.52 bits per heavy atom. The molecule has 6 nitrogen and oxygen atoms in total. The molecule has 10 heteroatoms. The molecule has 0 aliphatic carbocycles. The van der Waals surface area contributed by atoms with Gasteiger partial charge >= 0.3 is 12.1 Å². The third kappa shape index (κ3) is 2.25. The maximum Gasteiger partial charge on any atom is 0.434 e. The highest BCUT2D eigenvalue weighted by Gasteiger charge is 2.37. The first-order valence-electron chi connectivity index (χ1n) is 5.38. The van der Waals surface area contributed by atoms with Crippen LogP contribution in [0.3, 0.4) is 0 Å². The highest BCUT2D eigenvalue weighted by Crippen LogP contribution is 2.31. The molecular weight excluding hydrogens is 309 g/mol. The number of fused-ring (bicyclic) bond motifs is 1. The number of esters is 1. The van der Waals surface area contributed by atoms with Crippen molar-refractivity contribution in [1.82, 2.24) is 9.38 Å². The van der Waals surface area contributed by atoms with Crippen LogP contribution in [0.4, 0.5) is 13.2 Å². The second-order valence-electron chi connectivity index (χ2n) is 3.92. The molecule has 1 N–H and O–H groups in total. The van der Waals surface area contributed by atoms with E-state index in [1.54, 1.807) is 0 Å². The number of nitrogens with one attached hydrogen (secondary N) is 1. The summed E-state index contributed by atoms with van der Waals surface area (Å²) in [4.78, 5) is 14.8.